The third-order valence-corrected chi connectivity index (χ3v) is 2.33. The Morgan fingerprint density at radius 3 is 2.88 bits per heavy atom. The Morgan fingerprint density at radius 1 is 1.56 bits per heavy atom. The summed E-state index contributed by atoms with van der Waals surface area (Å²) in [4.78, 5) is 5.62. The molecule has 0 amide bonds. The minimum Gasteiger partial charge on any atom is -0.289 e. The molecular formula is C9H15ClF2N4. The summed E-state index contributed by atoms with van der Waals surface area (Å²) in [5.41, 5.74) is 0. The van der Waals surface area contributed by atoms with Crippen LogP contribution in [0.15, 0.2) is 6.33 Å². The van der Waals surface area contributed by atoms with Gasteiger partial charge in [-0.3, -0.25) is 4.90 Å². The van der Waals surface area contributed by atoms with Crippen LogP contribution in [0, 0.1) is 0 Å². The fourth-order valence-corrected chi connectivity index (χ4v) is 1.66. The Hall–Kier alpha value is -0.750. The van der Waals surface area contributed by atoms with Crippen LogP contribution in [-0.2, 0) is 13.1 Å². The molecule has 0 radical (unpaired) electrons. The number of hydrogen-bond acceptors (Lipinski definition) is 3. The normalized spacial score (nSPS) is 11.6. The van der Waals surface area contributed by atoms with Crippen LogP contribution in [0.3, 0.4) is 0 Å². The number of hydrogen-bond donors (Lipinski definition) is 0. The molecule has 0 aliphatic rings. The second-order valence-electron chi connectivity index (χ2n) is 3.31. The molecule has 7 heteroatoms. The van der Waals surface area contributed by atoms with E-state index in [0.29, 0.717) is 31.3 Å². The van der Waals surface area contributed by atoms with E-state index in [4.69, 9.17) is 11.6 Å². The predicted octanol–water partition coefficient (Wildman–Crippen LogP) is 1.60. The van der Waals surface area contributed by atoms with Crippen molar-refractivity contribution in [2.75, 3.05) is 19.0 Å². The smallest absolute Gasteiger partial charge is 0.251 e. The fraction of sp³-hybridized carbons (Fsp3) is 0.778. The van der Waals surface area contributed by atoms with Crippen molar-refractivity contribution in [3.63, 3.8) is 0 Å². The van der Waals surface area contributed by atoms with E-state index in [1.54, 1.807) is 9.58 Å². The quantitative estimate of drug-likeness (QED) is 0.692. The van der Waals surface area contributed by atoms with Crippen molar-refractivity contribution < 1.29 is 8.78 Å². The van der Waals surface area contributed by atoms with Crippen molar-refractivity contribution in [3.05, 3.63) is 12.2 Å². The summed E-state index contributed by atoms with van der Waals surface area (Å²) in [5.74, 6) is 1.01. The number of rotatable bonds is 7. The second kappa shape index (κ2) is 6.75. The average Bonchev–Trinajstić information content (AvgIpc) is 2.64. The highest BCUT2D eigenvalue weighted by Gasteiger charge is 2.14. The van der Waals surface area contributed by atoms with Crippen LogP contribution in [-0.4, -0.2) is 45.1 Å². The van der Waals surface area contributed by atoms with Crippen molar-refractivity contribution in [2.24, 2.45) is 0 Å². The maximum atomic E-state index is 12.3. The highest BCUT2D eigenvalue weighted by Crippen LogP contribution is 2.05. The van der Waals surface area contributed by atoms with Gasteiger partial charge in [0.15, 0.2) is 0 Å². The SMILES string of the molecule is CCn1ncnc1CN(CCCl)CC(F)F. The van der Waals surface area contributed by atoms with Crippen LogP contribution in [0.5, 0.6) is 0 Å². The lowest BCUT2D eigenvalue weighted by molar-refractivity contribution is 0.0859. The first kappa shape index (κ1) is 13.3. The highest BCUT2D eigenvalue weighted by molar-refractivity contribution is 6.18. The Labute approximate surface area is 98.2 Å². The zero-order chi connectivity index (χ0) is 12.0. The van der Waals surface area contributed by atoms with Gasteiger partial charge in [-0.15, -0.1) is 11.6 Å². The fourth-order valence-electron chi connectivity index (χ4n) is 1.42. The van der Waals surface area contributed by atoms with Crippen LogP contribution in [0.2, 0.25) is 0 Å². The first-order chi connectivity index (χ1) is 7.67. The van der Waals surface area contributed by atoms with Crippen LogP contribution < -0.4 is 0 Å². The second-order valence-corrected chi connectivity index (χ2v) is 3.69. The summed E-state index contributed by atoms with van der Waals surface area (Å²) in [6.07, 6.45) is -0.929. The van der Waals surface area contributed by atoms with Gasteiger partial charge in [0, 0.05) is 19.0 Å². The van der Waals surface area contributed by atoms with E-state index in [-0.39, 0.29) is 6.54 Å². The van der Waals surface area contributed by atoms with Crippen LogP contribution in [0.1, 0.15) is 12.7 Å². The molecule has 16 heavy (non-hydrogen) atoms. The first-order valence-electron chi connectivity index (χ1n) is 5.10. The summed E-state index contributed by atoms with van der Waals surface area (Å²) in [7, 11) is 0. The average molecular weight is 253 g/mol. The lowest BCUT2D eigenvalue weighted by Crippen LogP contribution is -2.31. The molecule has 0 bridgehead atoms. The molecule has 92 valence electrons. The summed E-state index contributed by atoms with van der Waals surface area (Å²) >= 11 is 5.56. The van der Waals surface area contributed by atoms with Crippen LogP contribution in [0.4, 0.5) is 8.78 Å². The number of halogens is 3. The maximum Gasteiger partial charge on any atom is 0.251 e. The van der Waals surface area contributed by atoms with Gasteiger partial charge < -0.3 is 0 Å². The van der Waals surface area contributed by atoms with Gasteiger partial charge in [-0.05, 0) is 6.92 Å². The van der Waals surface area contributed by atoms with Crippen LogP contribution in [0.25, 0.3) is 0 Å². The van der Waals surface area contributed by atoms with E-state index in [9.17, 15) is 8.78 Å². The summed E-state index contributed by atoms with van der Waals surface area (Å²) in [6, 6.07) is 0. The number of nitrogens with zero attached hydrogens (tertiary/aromatic N) is 4. The lowest BCUT2D eigenvalue weighted by Gasteiger charge is -2.20. The number of alkyl halides is 3. The molecular weight excluding hydrogens is 238 g/mol. The summed E-state index contributed by atoms with van der Waals surface area (Å²) < 4.78 is 26.3. The minimum atomic E-state index is -2.36. The zero-order valence-corrected chi connectivity index (χ0v) is 9.87. The van der Waals surface area contributed by atoms with Crippen molar-refractivity contribution in [2.45, 2.75) is 26.4 Å². The molecule has 0 atom stereocenters. The van der Waals surface area contributed by atoms with E-state index in [1.165, 1.54) is 6.33 Å². The molecule has 1 aromatic heterocycles. The lowest BCUT2D eigenvalue weighted by atomic mass is 10.4. The molecule has 0 unspecified atom stereocenters. The third-order valence-electron chi connectivity index (χ3n) is 2.16. The molecule has 0 N–H and O–H groups in total. The number of aryl methyl sites for hydroxylation is 1. The summed E-state index contributed by atoms with van der Waals surface area (Å²) in [6.45, 7) is 3.09. The van der Waals surface area contributed by atoms with Gasteiger partial charge >= 0.3 is 0 Å². The molecule has 4 nitrogen and oxygen atoms in total. The Bertz CT molecular complexity index is 305. The van der Waals surface area contributed by atoms with E-state index in [2.05, 4.69) is 10.1 Å². The topological polar surface area (TPSA) is 34.0 Å². The largest absolute Gasteiger partial charge is 0.289 e. The van der Waals surface area contributed by atoms with Gasteiger partial charge in [-0.25, -0.2) is 18.4 Å². The van der Waals surface area contributed by atoms with Gasteiger partial charge in [-0.2, -0.15) is 5.10 Å². The standard InChI is InChI=1S/C9H15ClF2N4/c1-2-16-9(13-7-14-16)6-15(4-3-10)5-8(11)12/h7-8H,2-6H2,1H3. The van der Waals surface area contributed by atoms with Crippen molar-refractivity contribution in [1.82, 2.24) is 19.7 Å². The maximum absolute atomic E-state index is 12.3. The van der Waals surface area contributed by atoms with Crippen molar-refractivity contribution in [3.8, 4) is 0 Å². The molecule has 0 aliphatic carbocycles. The molecule has 0 spiro atoms. The van der Waals surface area contributed by atoms with Gasteiger partial charge in [0.25, 0.3) is 6.43 Å². The van der Waals surface area contributed by atoms with Gasteiger partial charge in [0.1, 0.15) is 12.2 Å². The molecule has 0 saturated heterocycles. The molecule has 1 heterocycles. The minimum absolute atomic E-state index is 0.288. The van der Waals surface area contributed by atoms with Gasteiger partial charge in [0.2, 0.25) is 0 Å². The predicted molar refractivity (Wildman–Crippen MR) is 57.7 cm³/mol. The van der Waals surface area contributed by atoms with Crippen LogP contribution >= 0.6 is 11.6 Å². The van der Waals surface area contributed by atoms with Crippen molar-refractivity contribution in [1.29, 1.82) is 0 Å². The van der Waals surface area contributed by atoms with E-state index in [1.807, 2.05) is 6.92 Å². The van der Waals surface area contributed by atoms with E-state index >= 15 is 0 Å². The number of aromatic nitrogens is 3. The molecule has 0 aliphatic heterocycles. The molecule has 0 fully saturated rings. The molecule has 0 saturated carbocycles. The summed E-state index contributed by atoms with van der Waals surface area (Å²) in [5, 5.41) is 3.99. The van der Waals surface area contributed by atoms with Gasteiger partial charge in [-0.1, -0.05) is 0 Å². The molecule has 0 aromatic carbocycles. The van der Waals surface area contributed by atoms with E-state index < -0.39 is 6.43 Å². The van der Waals surface area contributed by atoms with Crippen molar-refractivity contribution >= 4 is 11.6 Å². The van der Waals surface area contributed by atoms with E-state index in [0.717, 1.165) is 0 Å². The first-order valence-corrected chi connectivity index (χ1v) is 5.64. The molecule has 1 rings (SSSR count). The zero-order valence-electron chi connectivity index (χ0n) is 9.11. The highest BCUT2D eigenvalue weighted by atomic mass is 35.5. The molecule has 1 aromatic rings. The Balaban J connectivity index is 2.59. The van der Waals surface area contributed by atoms with Gasteiger partial charge in [0.05, 0.1) is 13.1 Å². The third kappa shape index (κ3) is 4.02. The monoisotopic (exact) mass is 252 g/mol. The Morgan fingerprint density at radius 2 is 2.31 bits per heavy atom. The Kier molecular flexibility index (Phi) is 5.62.